The van der Waals surface area contributed by atoms with Gasteiger partial charge in [0.2, 0.25) is 5.91 Å². The molecule has 1 fully saturated rings. The first kappa shape index (κ1) is 23.4. The zero-order valence-corrected chi connectivity index (χ0v) is 16.7. The quantitative estimate of drug-likeness (QED) is 0.596. The van der Waals surface area contributed by atoms with Crippen molar-refractivity contribution in [1.82, 2.24) is 25.7 Å². The average molecular weight is 435 g/mol. The van der Waals surface area contributed by atoms with Gasteiger partial charge in [0, 0.05) is 46.5 Å². The Kier molecular flexibility index (Phi) is 7.65. The van der Waals surface area contributed by atoms with E-state index in [-0.39, 0.29) is 5.92 Å². The van der Waals surface area contributed by atoms with Crippen molar-refractivity contribution < 1.29 is 37.0 Å². The lowest BCUT2D eigenvalue weighted by atomic mass is 9.88. The number of nitrogens with zero attached hydrogens (tertiary/aromatic N) is 2. The Hall–Kier alpha value is -2.83. The number of alkyl halides is 3. The van der Waals surface area contributed by atoms with Crippen molar-refractivity contribution in [2.24, 2.45) is 13.0 Å². The summed E-state index contributed by atoms with van der Waals surface area (Å²) in [5, 5.41) is 10.2. The van der Waals surface area contributed by atoms with E-state index in [1.165, 1.54) is 21.1 Å². The molecule has 0 aliphatic carbocycles. The van der Waals surface area contributed by atoms with E-state index >= 15 is 0 Å². The molecular weight excluding hydrogens is 411 g/mol. The predicted octanol–water partition coefficient (Wildman–Crippen LogP) is 0.435. The number of hydrogen-bond donors (Lipinski definition) is 3. The highest BCUT2D eigenvalue weighted by Crippen LogP contribution is 2.31. The highest BCUT2D eigenvalue weighted by molar-refractivity contribution is 5.98. The van der Waals surface area contributed by atoms with E-state index in [4.69, 9.17) is 9.47 Å². The van der Waals surface area contributed by atoms with Gasteiger partial charge in [-0.2, -0.15) is 18.3 Å². The maximum Gasteiger partial charge on any atom is 0.435 e. The SMILES string of the molecule is CNC(=O)OC(C1CCOCC1)C(NC(=O)c1cn(C)nc1C(F)(F)F)C(=O)NC. The van der Waals surface area contributed by atoms with Crippen molar-refractivity contribution in [3.8, 4) is 0 Å². The molecule has 1 aliphatic heterocycles. The Morgan fingerprint density at radius 3 is 2.40 bits per heavy atom. The maximum absolute atomic E-state index is 13.2. The monoisotopic (exact) mass is 435 g/mol. The number of amides is 3. The number of alkyl carbamates (subject to hydrolysis) is 1. The highest BCUT2D eigenvalue weighted by atomic mass is 19.4. The van der Waals surface area contributed by atoms with Crippen molar-refractivity contribution >= 4 is 17.9 Å². The molecule has 0 saturated carbocycles. The number of nitrogens with one attached hydrogen (secondary N) is 3. The van der Waals surface area contributed by atoms with Gasteiger partial charge in [-0.05, 0) is 12.8 Å². The second-order valence-electron chi connectivity index (χ2n) is 6.70. The van der Waals surface area contributed by atoms with Crippen LogP contribution >= 0.6 is 0 Å². The summed E-state index contributed by atoms with van der Waals surface area (Å²) in [5.74, 6) is -2.24. The molecule has 1 saturated heterocycles. The standard InChI is InChI=1S/C17H24F3N5O5/c1-21-15(27)11(12(30-16(28)22-2)9-4-6-29-7-5-9)23-14(26)10-8-25(3)24-13(10)17(18,19)20/h8-9,11-12H,4-7H2,1-3H3,(H,21,27)(H,22,28)(H,23,26). The summed E-state index contributed by atoms with van der Waals surface area (Å²) in [6, 6.07) is -1.43. The van der Waals surface area contributed by atoms with Crippen molar-refractivity contribution in [1.29, 1.82) is 0 Å². The summed E-state index contributed by atoms with van der Waals surface area (Å²) in [7, 11) is 3.86. The van der Waals surface area contributed by atoms with Crippen LogP contribution in [0.25, 0.3) is 0 Å². The van der Waals surface area contributed by atoms with E-state index in [1.807, 2.05) is 0 Å². The molecule has 1 aliphatic rings. The van der Waals surface area contributed by atoms with E-state index in [9.17, 15) is 27.6 Å². The molecule has 0 bridgehead atoms. The fraction of sp³-hybridized carbons (Fsp3) is 0.647. The summed E-state index contributed by atoms with van der Waals surface area (Å²) in [4.78, 5) is 37.0. The molecule has 2 atom stereocenters. The van der Waals surface area contributed by atoms with Crippen LogP contribution in [0.15, 0.2) is 6.20 Å². The Labute approximate surface area is 170 Å². The third kappa shape index (κ3) is 5.62. The third-order valence-electron chi connectivity index (χ3n) is 4.66. The second-order valence-corrected chi connectivity index (χ2v) is 6.70. The number of carbonyl (C=O) groups is 3. The zero-order chi connectivity index (χ0) is 22.5. The summed E-state index contributed by atoms with van der Waals surface area (Å²) < 4.78 is 51.1. The predicted molar refractivity (Wildman–Crippen MR) is 96.4 cm³/mol. The molecule has 1 aromatic heterocycles. The van der Waals surface area contributed by atoms with Gasteiger partial charge < -0.3 is 25.4 Å². The molecule has 3 amide bonds. The Balaban J connectivity index is 2.36. The largest absolute Gasteiger partial charge is 0.443 e. The molecule has 0 radical (unpaired) electrons. The molecule has 168 valence electrons. The second kappa shape index (κ2) is 9.78. The summed E-state index contributed by atoms with van der Waals surface area (Å²) in [6.45, 7) is 0.709. The number of ether oxygens (including phenoxy) is 2. The van der Waals surface area contributed by atoms with Crippen molar-refractivity contribution in [2.75, 3.05) is 27.3 Å². The fourth-order valence-electron chi connectivity index (χ4n) is 3.20. The molecule has 3 N–H and O–H groups in total. The smallest absolute Gasteiger partial charge is 0.435 e. The Bertz CT molecular complexity index is 776. The first-order valence-corrected chi connectivity index (χ1v) is 9.17. The molecule has 2 heterocycles. The zero-order valence-electron chi connectivity index (χ0n) is 16.7. The number of likely N-dealkylation sites (N-methyl/N-ethyl adjacent to an activating group) is 1. The third-order valence-corrected chi connectivity index (χ3v) is 4.66. The van der Waals surface area contributed by atoms with Gasteiger partial charge >= 0.3 is 12.3 Å². The van der Waals surface area contributed by atoms with Crippen LogP contribution < -0.4 is 16.0 Å². The van der Waals surface area contributed by atoms with Gasteiger partial charge in [-0.1, -0.05) is 0 Å². The summed E-state index contributed by atoms with van der Waals surface area (Å²) in [5.41, 5.74) is -2.13. The van der Waals surface area contributed by atoms with Crippen LogP contribution in [0.1, 0.15) is 28.9 Å². The van der Waals surface area contributed by atoms with Crippen LogP contribution in [0.4, 0.5) is 18.0 Å². The van der Waals surface area contributed by atoms with Gasteiger partial charge in [-0.15, -0.1) is 0 Å². The molecule has 0 spiro atoms. The van der Waals surface area contributed by atoms with Gasteiger partial charge in [-0.25, -0.2) is 4.79 Å². The van der Waals surface area contributed by atoms with E-state index < -0.39 is 47.5 Å². The first-order chi connectivity index (χ1) is 14.1. The van der Waals surface area contributed by atoms with Gasteiger partial charge in [0.15, 0.2) is 5.69 Å². The lowest BCUT2D eigenvalue weighted by Crippen LogP contribution is -2.57. The minimum absolute atomic E-state index is 0.352. The normalized spacial score (nSPS) is 17.0. The number of rotatable bonds is 6. The minimum atomic E-state index is -4.87. The summed E-state index contributed by atoms with van der Waals surface area (Å²) in [6.07, 6.45) is -5.05. The fourth-order valence-corrected chi connectivity index (χ4v) is 3.20. The van der Waals surface area contributed by atoms with Crippen molar-refractivity contribution in [2.45, 2.75) is 31.2 Å². The van der Waals surface area contributed by atoms with Crippen molar-refractivity contribution in [3.05, 3.63) is 17.5 Å². The lowest BCUT2D eigenvalue weighted by molar-refractivity contribution is -0.141. The molecule has 30 heavy (non-hydrogen) atoms. The average Bonchev–Trinajstić information content (AvgIpc) is 3.12. The molecule has 0 aromatic carbocycles. The lowest BCUT2D eigenvalue weighted by Gasteiger charge is -2.34. The molecule has 10 nitrogen and oxygen atoms in total. The van der Waals surface area contributed by atoms with Crippen LogP contribution in [0.2, 0.25) is 0 Å². The van der Waals surface area contributed by atoms with E-state index in [0.29, 0.717) is 26.1 Å². The van der Waals surface area contributed by atoms with Gasteiger partial charge in [-0.3, -0.25) is 14.3 Å². The van der Waals surface area contributed by atoms with Gasteiger partial charge in [0.1, 0.15) is 12.1 Å². The van der Waals surface area contributed by atoms with Gasteiger partial charge in [0.25, 0.3) is 5.91 Å². The van der Waals surface area contributed by atoms with Crippen LogP contribution in [-0.2, 0) is 27.5 Å². The van der Waals surface area contributed by atoms with Crippen LogP contribution in [0, 0.1) is 5.92 Å². The molecule has 13 heteroatoms. The number of aromatic nitrogens is 2. The highest BCUT2D eigenvalue weighted by Gasteiger charge is 2.42. The molecule has 2 unspecified atom stereocenters. The van der Waals surface area contributed by atoms with Crippen LogP contribution in [0.3, 0.4) is 0 Å². The van der Waals surface area contributed by atoms with Crippen LogP contribution in [0.5, 0.6) is 0 Å². The number of carbonyl (C=O) groups excluding carboxylic acids is 3. The Morgan fingerprint density at radius 1 is 1.23 bits per heavy atom. The van der Waals surface area contributed by atoms with Crippen LogP contribution in [-0.4, -0.2) is 67.1 Å². The molecule has 2 rings (SSSR count). The van der Waals surface area contributed by atoms with E-state index in [0.717, 1.165) is 10.9 Å². The van der Waals surface area contributed by atoms with Crippen molar-refractivity contribution in [3.63, 3.8) is 0 Å². The molecular formula is C17H24F3N5O5. The first-order valence-electron chi connectivity index (χ1n) is 9.17. The topological polar surface area (TPSA) is 124 Å². The van der Waals surface area contributed by atoms with Gasteiger partial charge in [0.05, 0.1) is 5.56 Å². The summed E-state index contributed by atoms with van der Waals surface area (Å²) >= 11 is 0. The number of hydrogen-bond acceptors (Lipinski definition) is 6. The Morgan fingerprint density at radius 2 is 1.87 bits per heavy atom. The number of halogens is 3. The van der Waals surface area contributed by atoms with E-state index in [1.54, 1.807) is 0 Å². The van der Waals surface area contributed by atoms with E-state index in [2.05, 4.69) is 21.0 Å². The molecule has 1 aromatic rings. The maximum atomic E-state index is 13.2. The number of aryl methyl sites for hydroxylation is 1. The minimum Gasteiger partial charge on any atom is -0.443 e.